The first-order valence-corrected chi connectivity index (χ1v) is 16.9. The monoisotopic (exact) mass is 718 g/mol. The lowest BCUT2D eigenvalue weighted by Gasteiger charge is -2.23. The molecule has 0 radical (unpaired) electrons. The van der Waals surface area contributed by atoms with Crippen LogP contribution in [-0.4, -0.2) is 82.9 Å². The number of amides is 1. The van der Waals surface area contributed by atoms with E-state index in [1.165, 1.54) is 24.3 Å². The summed E-state index contributed by atoms with van der Waals surface area (Å²) in [5.41, 5.74) is 1.89. The Labute approximate surface area is 300 Å². The molecule has 15 heteroatoms. The van der Waals surface area contributed by atoms with Gasteiger partial charge in [0.25, 0.3) is 16.5 Å². The van der Waals surface area contributed by atoms with Crippen molar-refractivity contribution in [1.82, 2.24) is 0 Å². The van der Waals surface area contributed by atoms with E-state index in [-0.39, 0.29) is 43.3 Å². The summed E-state index contributed by atoms with van der Waals surface area (Å²) < 4.78 is 34.0. The summed E-state index contributed by atoms with van der Waals surface area (Å²) in [6.07, 6.45) is 0.0300. The van der Waals surface area contributed by atoms with Crippen molar-refractivity contribution in [3.8, 4) is 11.5 Å². The van der Waals surface area contributed by atoms with Crippen molar-refractivity contribution in [2.24, 2.45) is 0 Å². The summed E-state index contributed by atoms with van der Waals surface area (Å²) in [6, 6.07) is 15.2. The van der Waals surface area contributed by atoms with Crippen LogP contribution in [0.4, 0.5) is 28.4 Å². The minimum absolute atomic E-state index is 0.0300. The highest BCUT2D eigenvalue weighted by atomic mass is 16.6. The summed E-state index contributed by atoms with van der Waals surface area (Å²) in [5, 5.41) is 20.1. The number of nitro groups is 1. The molecule has 0 fully saturated rings. The van der Waals surface area contributed by atoms with Gasteiger partial charge in [-0.15, -0.1) is 0 Å². The van der Waals surface area contributed by atoms with Crippen LogP contribution in [0.25, 0.3) is 0 Å². The van der Waals surface area contributed by atoms with Gasteiger partial charge in [-0.25, -0.2) is 0 Å². The van der Waals surface area contributed by atoms with E-state index in [4.69, 9.17) is 28.4 Å². The van der Waals surface area contributed by atoms with Gasteiger partial charge in [-0.2, -0.15) is 0 Å². The Bertz CT molecular complexity index is 1870. The third-order valence-corrected chi connectivity index (χ3v) is 7.92. The maximum atomic E-state index is 13.9. The molecule has 15 nitrogen and oxygen atoms in total. The molecule has 0 spiro atoms. The molecule has 1 aliphatic rings. The van der Waals surface area contributed by atoms with Crippen LogP contribution in [0.3, 0.4) is 0 Å². The van der Waals surface area contributed by atoms with E-state index < -0.39 is 27.7 Å². The van der Waals surface area contributed by atoms with E-state index in [0.717, 1.165) is 11.1 Å². The molecule has 1 aliphatic heterocycles. The summed E-state index contributed by atoms with van der Waals surface area (Å²) in [7, 11) is 0. The zero-order valence-electron chi connectivity index (χ0n) is 29.1. The minimum Gasteiger partial charge on any atom is -0.487 e. The number of nitrogens with zero attached hydrogens (tertiary/aromatic N) is 1. The second kappa shape index (κ2) is 18.8. The van der Waals surface area contributed by atoms with Gasteiger partial charge in [-0.05, 0) is 54.8 Å². The summed E-state index contributed by atoms with van der Waals surface area (Å²) in [5.74, 6) is 0.238. The lowest BCUT2D eigenvalue weighted by atomic mass is 10.0. The molecule has 0 bridgehead atoms. The Hall–Kier alpha value is -5.35. The number of carbonyl (C=O) groups is 1. The van der Waals surface area contributed by atoms with Crippen LogP contribution in [0.15, 0.2) is 70.3 Å². The van der Waals surface area contributed by atoms with E-state index in [2.05, 4.69) is 16.0 Å². The van der Waals surface area contributed by atoms with Gasteiger partial charge < -0.3 is 44.4 Å². The second-order valence-electron chi connectivity index (χ2n) is 12.0. The van der Waals surface area contributed by atoms with Gasteiger partial charge in [0.1, 0.15) is 30.6 Å². The van der Waals surface area contributed by atoms with Gasteiger partial charge in [0.05, 0.1) is 57.8 Å². The van der Waals surface area contributed by atoms with Crippen LogP contribution < -0.4 is 36.3 Å². The summed E-state index contributed by atoms with van der Waals surface area (Å²) in [4.78, 5) is 50.2. The number of nitrogens with one attached hydrogen (secondary N) is 3. The van der Waals surface area contributed by atoms with Gasteiger partial charge in [0, 0.05) is 36.0 Å². The molecular formula is C37H42N4O11. The number of benzene rings is 3. The molecule has 4 aromatic rings. The molecule has 0 saturated heterocycles. The molecule has 276 valence electrons. The van der Waals surface area contributed by atoms with Crippen molar-refractivity contribution in [1.29, 1.82) is 0 Å². The SMILES string of the molecule is Cc1cc(C)cc(Nc2c(NC(Cc3ccc([N+](=O)[O-])cc3)C(=O)Nc3ccc4c(c3)OCCOCCOCCOCCOCCO4)c(=O)c2=O)c1. The first-order valence-electron chi connectivity index (χ1n) is 16.9. The molecule has 1 unspecified atom stereocenters. The third kappa shape index (κ3) is 10.8. The van der Waals surface area contributed by atoms with E-state index in [1.807, 2.05) is 32.0 Å². The maximum Gasteiger partial charge on any atom is 0.269 e. The molecule has 0 saturated carbocycles. The van der Waals surface area contributed by atoms with Gasteiger partial charge in [0.15, 0.2) is 11.5 Å². The van der Waals surface area contributed by atoms with Crippen LogP contribution in [0.5, 0.6) is 11.5 Å². The molecule has 3 N–H and O–H groups in total. The van der Waals surface area contributed by atoms with Crippen LogP contribution in [0.2, 0.25) is 0 Å². The average molecular weight is 719 g/mol. The quantitative estimate of drug-likeness (QED) is 0.128. The van der Waals surface area contributed by atoms with Gasteiger partial charge in [0.2, 0.25) is 5.91 Å². The van der Waals surface area contributed by atoms with E-state index in [0.29, 0.717) is 74.7 Å². The number of anilines is 4. The molecule has 1 amide bonds. The van der Waals surface area contributed by atoms with Crippen LogP contribution in [0, 0.1) is 24.0 Å². The van der Waals surface area contributed by atoms with Crippen LogP contribution >= 0.6 is 0 Å². The zero-order chi connectivity index (χ0) is 36.9. The number of non-ortho nitro benzene ring substituents is 1. The highest BCUT2D eigenvalue weighted by Gasteiger charge is 2.28. The van der Waals surface area contributed by atoms with Gasteiger partial charge in [-0.3, -0.25) is 24.5 Å². The van der Waals surface area contributed by atoms with E-state index >= 15 is 0 Å². The first kappa shape index (κ1) is 37.9. The summed E-state index contributed by atoms with van der Waals surface area (Å²) >= 11 is 0. The van der Waals surface area contributed by atoms with E-state index in [9.17, 15) is 24.5 Å². The predicted octanol–water partition coefficient (Wildman–Crippen LogP) is 4.05. The van der Waals surface area contributed by atoms with Crippen LogP contribution in [-0.2, 0) is 30.2 Å². The zero-order valence-corrected chi connectivity index (χ0v) is 29.1. The van der Waals surface area contributed by atoms with Crippen molar-refractivity contribution < 1.29 is 38.1 Å². The lowest BCUT2D eigenvalue weighted by molar-refractivity contribution is -0.384. The Kier molecular flexibility index (Phi) is 13.7. The number of nitro benzene ring substituents is 1. The van der Waals surface area contributed by atoms with Crippen LogP contribution in [0.1, 0.15) is 16.7 Å². The molecule has 1 atom stereocenters. The Morgan fingerprint density at radius 3 is 1.81 bits per heavy atom. The lowest BCUT2D eigenvalue weighted by Crippen LogP contribution is -2.43. The fourth-order valence-corrected chi connectivity index (χ4v) is 5.44. The standard InChI is InChI=1S/C37H42N4O11/c1-24-19-25(2)21-28(20-24)38-33-34(36(43)35(33)42)40-30(22-26-3-6-29(7-4-26)41(45)46)37(44)39-27-5-8-31-32(23-27)52-18-16-50-14-12-48-10-9-47-11-13-49-15-17-51-31/h3-8,19-21,23,30,38,40H,9-18,22H2,1-2H3,(H,39,44). The Balaban J connectivity index is 1.35. The third-order valence-electron chi connectivity index (χ3n) is 7.92. The number of fused-ring (bicyclic) bond motifs is 1. The molecular weight excluding hydrogens is 676 g/mol. The average Bonchev–Trinajstić information content (AvgIpc) is 3.12. The topological polar surface area (TPSA) is 186 Å². The molecule has 1 heterocycles. The number of aryl methyl sites for hydroxylation is 2. The van der Waals surface area contributed by atoms with Crippen molar-refractivity contribution in [3.63, 3.8) is 0 Å². The highest BCUT2D eigenvalue weighted by Crippen LogP contribution is 2.31. The van der Waals surface area contributed by atoms with Crippen molar-refractivity contribution in [3.05, 3.63) is 108 Å². The van der Waals surface area contributed by atoms with Crippen molar-refractivity contribution >= 4 is 34.3 Å². The summed E-state index contributed by atoms with van der Waals surface area (Å²) in [6.45, 7) is 7.37. The first-order chi connectivity index (χ1) is 25.2. The number of ether oxygens (including phenoxy) is 6. The number of carbonyl (C=O) groups excluding carboxylic acids is 1. The normalized spacial score (nSPS) is 15.5. The maximum absolute atomic E-state index is 13.9. The number of hydrogen-bond donors (Lipinski definition) is 3. The van der Waals surface area contributed by atoms with E-state index in [1.54, 1.807) is 18.2 Å². The molecule has 52 heavy (non-hydrogen) atoms. The fraction of sp³-hybridized carbons (Fsp3) is 0.378. The Morgan fingerprint density at radius 2 is 1.23 bits per heavy atom. The minimum atomic E-state index is -1.08. The molecule has 4 aromatic carbocycles. The van der Waals surface area contributed by atoms with Gasteiger partial charge >= 0.3 is 0 Å². The van der Waals surface area contributed by atoms with Gasteiger partial charge in [-0.1, -0.05) is 18.2 Å². The predicted molar refractivity (Wildman–Crippen MR) is 194 cm³/mol. The largest absolute Gasteiger partial charge is 0.487 e. The van der Waals surface area contributed by atoms with Crippen molar-refractivity contribution in [2.75, 3.05) is 82.0 Å². The number of rotatable bonds is 9. The second-order valence-corrected chi connectivity index (χ2v) is 12.0. The number of hydrogen-bond acceptors (Lipinski definition) is 13. The van der Waals surface area contributed by atoms with Crippen molar-refractivity contribution in [2.45, 2.75) is 26.3 Å². The fourth-order valence-electron chi connectivity index (χ4n) is 5.44. The molecule has 0 aliphatic carbocycles. The molecule has 0 aromatic heterocycles. The Morgan fingerprint density at radius 1 is 0.692 bits per heavy atom. The highest BCUT2D eigenvalue weighted by molar-refractivity contribution is 5.98. The smallest absolute Gasteiger partial charge is 0.269 e. The molecule has 5 rings (SSSR count).